The van der Waals surface area contributed by atoms with Gasteiger partial charge in [-0.3, -0.25) is 9.69 Å². The molecule has 1 aromatic heterocycles. The minimum atomic E-state index is -4.39. The molecule has 3 rings (SSSR count). The minimum absolute atomic E-state index is 0.129. The molecule has 1 saturated heterocycles. The molecule has 1 aliphatic rings. The third kappa shape index (κ3) is 5.04. The third-order valence-corrected chi connectivity index (χ3v) is 4.65. The topological polar surface area (TPSA) is 46.9 Å². The fourth-order valence-corrected chi connectivity index (χ4v) is 3.02. The van der Waals surface area contributed by atoms with Gasteiger partial charge in [0.2, 0.25) is 5.91 Å². The van der Waals surface area contributed by atoms with Crippen molar-refractivity contribution in [1.82, 2.24) is 4.90 Å². The van der Waals surface area contributed by atoms with Gasteiger partial charge in [-0.05, 0) is 29.8 Å². The average molecular weight is 410 g/mol. The van der Waals surface area contributed by atoms with Crippen LogP contribution < -0.4 is 14.6 Å². The van der Waals surface area contributed by atoms with Gasteiger partial charge in [-0.2, -0.15) is 13.2 Å². The molecule has 1 aliphatic heterocycles. The molecule has 0 atom stereocenters. The monoisotopic (exact) mass is 410 g/mol. The number of hydrogen-bond acceptors (Lipinski definition) is 3. The van der Waals surface area contributed by atoms with Gasteiger partial charge < -0.3 is 9.64 Å². The number of amides is 1. The number of H-pyrrole nitrogens is 1. The molecule has 0 bridgehead atoms. The number of carbonyl (C=O) groups is 1. The van der Waals surface area contributed by atoms with E-state index in [1.165, 1.54) is 37.5 Å². The molecular weight excluding hydrogens is 390 g/mol. The number of pyridine rings is 1. The van der Waals surface area contributed by atoms with E-state index >= 15 is 0 Å². The van der Waals surface area contributed by atoms with E-state index in [-0.39, 0.29) is 11.7 Å². The lowest BCUT2D eigenvalue weighted by atomic mass is 10.2. The number of benzene rings is 1. The molecule has 0 unspecified atom stereocenters. The van der Waals surface area contributed by atoms with Gasteiger partial charge in [0.1, 0.15) is 19.3 Å². The highest BCUT2D eigenvalue weighted by molar-refractivity contribution is 5.92. The lowest BCUT2D eigenvalue weighted by Crippen LogP contribution is -2.49. The van der Waals surface area contributed by atoms with Gasteiger partial charge in [0.25, 0.3) is 5.82 Å². The summed E-state index contributed by atoms with van der Waals surface area (Å²) in [6.07, 6.45) is -0.551. The summed E-state index contributed by atoms with van der Waals surface area (Å²) in [7, 11) is 1.37. The molecule has 29 heavy (non-hydrogen) atoms. The van der Waals surface area contributed by atoms with E-state index in [2.05, 4.69) is 4.98 Å². The molecule has 0 saturated carbocycles. The fraction of sp³-hybridized carbons (Fsp3) is 0.300. The summed E-state index contributed by atoms with van der Waals surface area (Å²) >= 11 is 0. The summed E-state index contributed by atoms with van der Waals surface area (Å²) in [5, 5.41) is 0. The number of piperazine rings is 1. The van der Waals surface area contributed by atoms with E-state index < -0.39 is 17.6 Å². The Kier molecular flexibility index (Phi) is 6.05. The Morgan fingerprint density at radius 3 is 2.41 bits per heavy atom. The Hall–Kier alpha value is -3.10. The second-order valence-electron chi connectivity index (χ2n) is 6.50. The van der Waals surface area contributed by atoms with E-state index in [1.54, 1.807) is 11.0 Å². The lowest BCUT2D eigenvalue weighted by molar-refractivity contribution is -0.367. The van der Waals surface area contributed by atoms with Crippen LogP contribution in [0.3, 0.4) is 0 Å². The van der Waals surface area contributed by atoms with Crippen LogP contribution in [0.5, 0.6) is 5.75 Å². The smallest absolute Gasteiger partial charge is 0.419 e. The Morgan fingerprint density at radius 1 is 1.14 bits per heavy atom. The van der Waals surface area contributed by atoms with Gasteiger partial charge in [0.05, 0.1) is 25.8 Å². The number of nitrogens with zero attached hydrogens (tertiary/aromatic N) is 2. The summed E-state index contributed by atoms with van der Waals surface area (Å²) < 4.78 is 56.5. The van der Waals surface area contributed by atoms with Crippen LogP contribution in [-0.2, 0) is 11.0 Å². The van der Waals surface area contributed by atoms with E-state index in [0.717, 1.165) is 12.3 Å². The van der Waals surface area contributed by atoms with Gasteiger partial charge >= 0.3 is 6.18 Å². The zero-order valence-electron chi connectivity index (χ0n) is 15.7. The molecule has 9 heteroatoms. The number of alkyl halides is 3. The van der Waals surface area contributed by atoms with Gasteiger partial charge in [-0.1, -0.05) is 6.07 Å². The molecular formula is C20H20F4N3O2+. The molecule has 1 aromatic carbocycles. The van der Waals surface area contributed by atoms with Crippen LogP contribution in [0, 0.1) is 5.82 Å². The number of aromatic amines is 1. The van der Waals surface area contributed by atoms with E-state index in [4.69, 9.17) is 4.74 Å². The number of rotatable bonds is 4. The first-order valence-electron chi connectivity index (χ1n) is 8.92. The minimum Gasteiger partial charge on any atom is -0.494 e. The van der Waals surface area contributed by atoms with Crippen LogP contribution in [0.4, 0.5) is 23.4 Å². The predicted molar refractivity (Wildman–Crippen MR) is 98.8 cm³/mol. The lowest BCUT2D eigenvalue weighted by Gasteiger charge is -2.30. The Morgan fingerprint density at radius 2 is 1.86 bits per heavy atom. The number of nitrogens with one attached hydrogen (secondary N) is 1. The quantitative estimate of drug-likeness (QED) is 0.575. The molecule has 1 N–H and O–H groups in total. The fourth-order valence-electron chi connectivity index (χ4n) is 3.02. The summed E-state index contributed by atoms with van der Waals surface area (Å²) in [5.74, 6) is -0.0280. The van der Waals surface area contributed by atoms with Crippen molar-refractivity contribution < 1.29 is 32.1 Å². The van der Waals surface area contributed by atoms with Crippen LogP contribution in [0.2, 0.25) is 0 Å². The Balaban J connectivity index is 1.56. The van der Waals surface area contributed by atoms with Gasteiger partial charge in [0, 0.05) is 12.1 Å². The Labute approximate surface area is 165 Å². The average Bonchev–Trinajstić information content (AvgIpc) is 2.71. The number of halogens is 4. The van der Waals surface area contributed by atoms with Crippen LogP contribution in [-0.4, -0.2) is 44.1 Å². The van der Waals surface area contributed by atoms with Crippen LogP contribution >= 0.6 is 0 Å². The van der Waals surface area contributed by atoms with Gasteiger partial charge in [-0.25, -0.2) is 9.37 Å². The summed E-state index contributed by atoms with van der Waals surface area (Å²) in [6, 6.07) is 6.82. The molecule has 0 radical (unpaired) electrons. The first kappa shape index (κ1) is 20.6. The van der Waals surface area contributed by atoms with Crippen molar-refractivity contribution in [3.8, 4) is 5.75 Å². The van der Waals surface area contributed by atoms with Crippen LogP contribution in [0.15, 0.2) is 42.6 Å². The molecule has 1 fully saturated rings. The van der Waals surface area contributed by atoms with Crippen molar-refractivity contribution in [3.05, 3.63) is 59.5 Å². The van der Waals surface area contributed by atoms with Crippen molar-refractivity contribution >= 4 is 17.8 Å². The zero-order chi connectivity index (χ0) is 21.0. The number of aromatic nitrogens is 1. The number of carbonyl (C=O) groups excluding carboxylic acids is 1. The number of hydrogen-bond donors (Lipinski definition) is 0. The summed E-state index contributed by atoms with van der Waals surface area (Å²) in [6.45, 7) is 1.82. The third-order valence-electron chi connectivity index (χ3n) is 4.65. The molecule has 2 heterocycles. The molecule has 2 aromatic rings. The SMILES string of the molecule is COc1ccc(/C=C/C(=O)N2CCN(c3ccc(C(F)(F)F)c[nH+]3)CC2)cc1F. The highest BCUT2D eigenvalue weighted by Gasteiger charge is 2.32. The highest BCUT2D eigenvalue weighted by atomic mass is 19.4. The van der Waals surface area contributed by atoms with E-state index in [9.17, 15) is 22.4 Å². The van der Waals surface area contributed by atoms with Crippen molar-refractivity contribution in [1.29, 1.82) is 0 Å². The number of ether oxygens (including phenoxy) is 1. The summed E-state index contributed by atoms with van der Waals surface area (Å²) in [4.78, 5) is 18.5. The first-order chi connectivity index (χ1) is 13.8. The van der Waals surface area contributed by atoms with E-state index in [1.807, 2.05) is 4.90 Å². The summed E-state index contributed by atoms with van der Waals surface area (Å²) in [5.41, 5.74) is -0.204. The zero-order valence-corrected chi connectivity index (χ0v) is 15.7. The largest absolute Gasteiger partial charge is 0.494 e. The normalized spacial score (nSPS) is 15.1. The second-order valence-corrected chi connectivity index (χ2v) is 6.50. The van der Waals surface area contributed by atoms with Crippen molar-refractivity contribution in [2.75, 3.05) is 38.2 Å². The number of anilines is 1. The molecule has 154 valence electrons. The van der Waals surface area contributed by atoms with E-state index in [0.29, 0.717) is 37.6 Å². The van der Waals surface area contributed by atoms with Crippen molar-refractivity contribution in [2.24, 2.45) is 0 Å². The van der Waals surface area contributed by atoms with Crippen molar-refractivity contribution in [2.45, 2.75) is 6.18 Å². The predicted octanol–water partition coefficient (Wildman–Crippen LogP) is 3.03. The van der Waals surface area contributed by atoms with Crippen molar-refractivity contribution in [3.63, 3.8) is 0 Å². The maximum absolute atomic E-state index is 13.7. The molecule has 5 nitrogen and oxygen atoms in total. The Bertz CT molecular complexity index is 890. The molecule has 0 spiro atoms. The van der Waals surface area contributed by atoms with Gasteiger partial charge in [0.15, 0.2) is 11.6 Å². The molecule has 0 aliphatic carbocycles. The first-order valence-corrected chi connectivity index (χ1v) is 8.92. The maximum atomic E-state index is 13.7. The van der Waals surface area contributed by atoms with Crippen LogP contribution in [0.25, 0.3) is 6.08 Å². The van der Waals surface area contributed by atoms with Crippen LogP contribution in [0.1, 0.15) is 11.1 Å². The molecule has 1 amide bonds. The second kappa shape index (κ2) is 8.50. The highest BCUT2D eigenvalue weighted by Crippen LogP contribution is 2.28. The standard InChI is InChI=1S/C20H19F4N3O2/c1-29-17-5-2-14(12-16(17)21)3-7-19(28)27-10-8-26(9-11-27)18-6-4-15(13-25-18)20(22,23)24/h2-7,12-13H,8-11H2,1H3/p+1/b7-3+. The maximum Gasteiger partial charge on any atom is 0.419 e. The number of methoxy groups -OCH3 is 1. The van der Waals surface area contributed by atoms with Gasteiger partial charge in [-0.15, -0.1) is 0 Å².